The Morgan fingerprint density at radius 3 is 2.00 bits per heavy atom. The van der Waals surface area contributed by atoms with Crippen molar-refractivity contribution in [1.82, 2.24) is 0 Å². The highest BCUT2D eigenvalue weighted by molar-refractivity contribution is 5.98. The fourth-order valence-corrected chi connectivity index (χ4v) is 0.0833. The molecule has 0 aromatic rings. The van der Waals surface area contributed by atoms with Gasteiger partial charge < -0.3 is 4.65 Å². The van der Waals surface area contributed by atoms with Crippen molar-refractivity contribution in [1.29, 1.82) is 0 Å². The Morgan fingerprint density at radius 1 is 1.57 bits per heavy atom. The zero-order valence-electron chi connectivity index (χ0n) is 5.19. The molecular weight excluding hydrogens is 86.9 g/mol. The average Bonchev–Trinajstić information content (AvgIpc) is 1.68. The smallest absolute Gasteiger partial charge is 0.283 e. The summed E-state index contributed by atoms with van der Waals surface area (Å²) in [6.45, 7) is 5.94. The molecule has 0 aromatic heterocycles. The van der Waals surface area contributed by atoms with Crippen LogP contribution in [0, 0.1) is 0 Å². The minimum Gasteiger partial charge on any atom is -0.443 e. The number of hydrogen-bond donors (Lipinski definition) is 0. The third kappa shape index (κ3) is 2.69. The molecule has 7 heavy (non-hydrogen) atoms. The SMILES string of the molecule is [B]OC(C)(C)CC. The van der Waals surface area contributed by atoms with Crippen molar-refractivity contribution in [3.05, 3.63) is 0 Å². The van der Waals surface area contributed by atoms with Gasteiger partial charge in [-0.1, -0.05) is 6.92 Å². The summed E-state index contributed by atoms with van der Waals surface area (Å²) in [5.74, 6) is 0. The molecule has 0 heterocycles. The molecule has 0 amide bonds. The topological polar surface area (TPSA) is 9.23 Å². The van der Waals surface area contributed by atoms with E-state index in [0.717, 1.165) is 6.42 Å². The maximum atomic E-state index is 4.92. The summed E-state index contributed by atoms with van der Waals surface area (Å²) in [6.07, 6.45) is 0.948. The fraction of sp³-hybridized carbons (Fsp3) is 1.00. The van der Waals surface area contributed by atoms with E-state index in [1.165, 1.54) is 0 Å². The first kappa shape index (κ1) is 7.02. The largest absolute Gasteiger partial charge is 0.443 e. The lowest BCUT2D eigenvalue weighted by Gasteiger charge is -2.20. The van der Waals surface area contributed by atoms with Crippen molar-refractivity contribution in [2.45, 2.75) is 32.8 Å². The van der Waals surface area contributed by atoms with E-state index < -0.39 is 0 Å². The first-order chi connectivity index (χ1) is 3.12. The lowest BCUT2D eigenvalue weighted by molar-refractivity contribution is 0.119. The predicted molar refractivity (Wildman–Crippen MR) is 31.2 cm³/mol. The van der Waals surface area contributed by atoms with E-state index in [4.69, 9.17) is 8.05 Å². The van der Waals surface area contributed by atoms with E-state index in [9.17, 15) is 0 Å². The molecule has 0 bridgehead atoms. The molecule has 0 rings (SSSR count). The second-order valence-corrected chi connectivity index (χ2v) is 2.23. The van der Waals surface area contributed by atoms with Gasteiger partial charge in [0.1, 0.15) is 0 Å². The quantitative estimate of drug-likeness (QED) is 0.472. The Balaban J connectivity index is 3.36. The summed E-state index contributed by atoms with van der Waals surface area (Å²) in [4.78, 5) is 0. The minimum atomic E-state index is -0.139. The van der Waals surface area contributed by atoms with E-state index in [1.807, 2.05) is 20.8 Å². The normalized spacial score (nSPS) is 11.9. The Bertz CT molecular complexity index is 46.0. The van der Waals surface area contributed by atoms with E-state index in [2.05, 4.69) is 4.65 Å². The summed E-state index contributed by atoms with van der Waals surface area (Å²) >= 11 is 0. The summed E-state index contributed by atoms with van der Waals surface area (Å²) in [7, 11) is 4.92. The lowest BCUT2D eigenvalue weighted by atomic mass is 10.1. The molecule has 0 aliphatic heterocycles. The first-order valence-corrected chi connectivity index (χ1v) is 2.50. The molecular formula is C5H11BO. The molecule has 2 heteroatoms. The average molecular weight is 98.0 g/mol. The van der Waals surface area contributed by atoms with E-state index >= 15 is 0 Å². The van der Waals surface area contributed by atoms with Crippen LogP contribution in [0.5, 0.6) is 0 Å². The molecule has 1 nitrogen and oxygen atoms in total. The van der Waals surface area contributed by atoms with Crippen LogP contribution >= 0.6 is 0 Å². The summed E-state index contributed by atoms with van der Waals surface area (Å²) in [5.41, 5.74) is -0.139. The van der Waals surface area contributed by atoms with Gasteiger partial charge >= 0.3 is 0 Å². The van der Waals surface area contributed by atoms with Gasteiger partial charge in [0.15, 0.2) is 0 Å². The van der Waals surface area contributed by atoms with Crippen LogP contribution in [0.15, 0.2) is 0 Å². The number of hydrogen-bond acceptors (Lipinski definition) is 1. The fourth-order valence-electron chi connectivity index (χ4n) is 0.0833. The Hall–Kier alpha value is 0.0249. The maximum absolute atomic E-state index is 4.92. The zero-order chi connectivity index (χ0) is 5.91. The van der Waals surface area contributed by atoms with E-state index in [0.29, 0.717) is 0 Å². The molecule has 0 saturated heterocycles. The van der Waals surface area contributed by atoms with Gasteiger partial charge in [-0.3, -0.25) is 0 Å². The summed E-state index contributed by atoms with van der Waals surface area (Å²) < 4.78 is 4.59. The van der Waals surface area contributed by atoms with Gasteiger partial charge in [0.25, 0.3) is 8.05 Å². The van der Waals surface area contributed by atoms with Crippen LogP contribution in [-0.2, 0) is 4.65 Å². The van der Waals surface area contributed by atoms with Crippen molar-refractivity contribution >= 4 is 8.05 Å². The molecule has 0 aromatic carbocycles. The molecule has 0 fully saturated rings. The van der Waals surface area contributed by atoms with E-state index in [-0.39, 0.29) is 5.60 Å². The standard InChI is InChI=1S/C5H11BO/c1-4-5(2,3)7-6/h4H2,1-3H3. The predicted octanol–water partition coefficient (Wildman–Crippen LogP) is 1.28. The highest BCUT2D eigenvalue weighted by Gasteiger charge is 2.09. The molecule has 0 saturated carbocycles. The van der Waals surface area contributed by atoms with Crippen molar-refractivity contribution < 1.29 is 4.65 Å². The van der Waals surface area contributed by atoms with Gasteiger partial charge in [0, 0.05) is 5.60 Å². The van der Waals surface area contributed by atoms with Crippen LogP contribution in [0.25, 0.3) is 0 Å². The monoisotopic (exact) mass is 98.1 g/mol. The van der Waals surface area contributed by atoms with E-state index in [1.54, 1.807) is 0 Å². The van der Waals surface area contributed by atoms with Crippen molar-refractivity contribution in [2.75, 3.05) is 0 Å². The Kier molecular flexibility index (Phi) is 2.37. The van der Waals surface area contributed by atoms with Gasteiger partial charge in [-0.2, -0.15) is 0 Å². The highest BCUT2D eigenvalue weighted by Crippen LogP contribution is 2.09. The van der Waals surface area contributed by atoms with Gasteiger partial charge in [-0.05, 0) is 20.3 Å². The van der Waals surface area contributed by atoms with Crippen molar-refractivity contribution in [3.8, 4) is 0 Å². The third-order valence-electron chi connectivity index (χ3n) is 1.17. The molecule has 0 aliphatic carbocycles. The molecule has 0 aliphatic rings. The van der Waals surface area contributed by atoms with Crippen molar-refractivity contribution in [3.63, 3.8) is 0 Å². The van der Waals surface area contributed by atoms with Crippen LogP contribution in [0.2, 0.25) is 0 Å². The maximum Gasteiger partial charge on any atom is 0.283 e. The molecule has 0 N–H and O–H groups in total. The molecule has 2 radical (unpaired) electrons. The van der Waals surface area contributed by atoms with Crippen LogP contribution in [0.3, 0.4) is 0 Å². The van der Waals surface area contributed by atoms with Gasteiger partial charge in [-0.15, -0.1) is 0 Å². The lowest BCUT2D eigenvalue weighted by Crippen LogP contribution is -2.20. The molecule has 0 spiro atoms. The number of rotatable bonds is 2. The van der Waals surface area contributed by atoms with Gasteiger partial charge in [0.05, 0.1) is 0 Å². The Labute approximate surface area is 46.5 Å². The first-order valence-electron chi connectivity index (χ1n) is 2.50. The second-order valence-electron chi connectivity index (χ2n) is 2.23. The second kappa shape index (κ2) is 2.36. The van der Waals surface area contributed by atoms with Crippen LogP contribution < -0.4 is 0 Å². The molecule has 40 valence electrons. The van der Waals surface area contributed by atoms with Crippen LogP contribution in [-0.4, -0.2) is 13.7 Å². The van der Waals surface area contributed by atoms with Crippen molar-refractivity contribution in [2.24, 2.45) is 0 Å². The third-order valence-corrected chi connectivity index (χ3v) is 1.17. The Morgan fingerprint density at radius 2 is 2.00 bits per heavy atom. The van der Waals surface area contributed by atoms with Crippen LogP contribution in [0.4, 0.5) is 0 Å². The summed E-state index contributed by atoms with van der Waals surface area (Å²) in [6, 6.07) is 0. The molecule has 0 unspecified atom stereocenters. The summed E-state index contributed by atoms with van der Waals surface area (Å²) in [5, 5.41) is 0. The molecule has 0 atom stereocenters. The van der Waals surface area contributed by atoms with Crippen LogP contribution in [0.1, 0.15) is 27.2 Å². The minimum absolute atomic E-state index is 0.139. The van der Waals surface area contributed by atoms with Gasteiger partial charge in [0.2, 0.25) is 0 Å². The van der Waals surface area contributed by atoms with Gasteiger partial charge in [-0.25, -0.2) is 0 Å². The zero-order valence-corrected chi connectivity index (χ0v) is 5.19. The highest BCUT2D eigenvalue weighted by atomic mass is 16.4.